The van der Waals surface area contributed by atoms with Crippen molar-refractivity contribution in [1.29, 1.82) is 0 Å². The molecule has 0 N–H and O–H groups in total. The van der Waals surface area contributed by atoms with E-state index in [2.05, 4.69) is 10.0 Å². The van der Waals surface area contributed by atoms with Gasteiger partial charge in [-0.15, -0.1) is 11.6 Å². The van der Waals surface area contributed by atoms with Crippen LogP contribution in [0.4, 0.5) is 18.9 Å². The molecule has 1 aromatic carbocycles. The second-order valence-electron chi connectivity index (χ2n) is 5.72. The molecular weight excluding hydrogens is 327 g/mol. The van der Waals surface area contributed by atoms with Gasteiger partial charge in [0.15, 0.2) is 0 Å². The summed E-state index contributed by atoms with van der Waals surface area (Å²) in [6.45, 7) is 3.55. The van der Waals surface area contributed by atoms with Crippen LogP contribution in [-0.2, 0) is 6.18 Å². The van der Waals surface area contributed by atoms with Crippen LogP contribution in [0.5, 0.6) is 0 Å². The van der Waals surface area contributed by atoms with Gasteiger partial charge in [0.05, 0.1) is 11.3 Å². The molecule has 0 spiro atoms. The zero-order valence-electron chi connectivity index (χ0n) is 12.6. The third-order valence-electron chi connectivity index (χ3n) is 4.02. The molecule has 0 bridgehead atoms. The Morgan fingerprint density at radius 3 is 2.57 bits per heavy atom. The largest absolute Gasteiger partial charge is 0.416 e. The SMILES string of the molecule is CC1=CC(Cl)C(N2CCCC2)=NN1c1cccc(C(F)(F)F)c1. The average molecular weight is 344 g/mol. The molecule has 1 unspecified atom stereocenters. The number of allylic oxidation sites excluding steroid dienone is 1. The minimum absolute atomic E-state index is 0.352. The number of alkyl halides is 4. The third-order valence-corrected chi connectivity index (χ3v) is 4.34. The Morgan fingerprint density at radius 1 is 1.22 bits per heavy atom. The molecule has 0 aromatic heterocycles. The quantitative estimate of drug-likeness (QED) is 0.702. The van der Waals surface area contributed by atoms with Crippen molar-refractivity contribution in [3.63, 3.8) is 0 Å². The lowest BCUT2D eigenvalue weighted by Gasteiger charge is -2.31. The normalized spacial score (nSPS) is 22.2. The zero-order valence-corrected chi connectivity index (χ0v) is 13.4. The number of benzene rings is 1. The highest BCUT2D eigenvalue weighted by Gasteiger charge is 2.32. The van der Waals surface area contributed by atoms with Crippen LogP contribution in [0.25, 0.3) is 0 Å². The molecule has 1 aromatic rings. The minimum atomic E-state index is -4.38. The molecule has 1 fully saturated rings. The standard InChI is InChI=1S/C16H17ClF3N3/c1-11-9-14(17)15(22-7-2-3-8-22)21-23(11)13-6-4-5-12(10-13)16(18,19)20/h4-6,9-10,14H,2-3,7-8H2,1H3. The fourth-order valence-corrected chi connectivity index (χ4v) is 3.22. The van der Waals surface area contributed by atoms with Gasteiger partial charge in [-0.3, -0.25) is 0 Å². The highest BCUT2D eigenvalue weighted by Crippen LogP contribution is 2.34. The lowest BCUT2D eigenvalue weighted by atomic mass is 10.1. The number of hydrazone groups is 1. The molecule has 2 aliphatic heterocycles. The van der Waals surface area contributed by atoms with Crippen LogP contribution in [0.3, 0.4) is 0 Å². The molecule has 23 heavy (non-hydrogen) atoms. The Kier molecular flexibility index (Phi) is 4.27. The summed E-state index contributed by atoms with van der Waals surface area (Å²) in [4.78, 5) is 2.10. The minimum Gasteiger partial charge on any atom is -0.357 e. The van der Waals surface area contributed by atoms with Gasteiger partial charge in [0.25, 0.3) is 0 Å². The lowest BCUT2D eigenvalue weighted by Crippen LogP contribution is -2.39. The highest BCUT2D eigenvalue weighted by molar-refractivity contribution is 6.33. The second-order valence-corrected chi connectivity index (χ2v) is 6.19. The van der Waals surface area contributed by atoms with Crippen LogP contribution in [0.1, 0.15) is 25.3 Å². The fourth-order valence-electron chi connectivity index (χ4n) is 2.85. The molecule has 2 heterocycles. The Hall–Kier alpha value is -1.69. The van der Waals surface area contributed by atoms with Gasteiger partial charge in [-0.2, -0.15) is 18.3 Å². The maximum Gasteiger partial charge on any atom is 0.416 e. The first kappa shape index (κ1) is 16.2. The fraction of sp³-hybridized carbons (Fsp3) is 0.438. The van der Waals surface area contributed by atoms with Crippen molar-refractivity contribution >= 4 is 23.1 Å². The van der Waals surface area contributed by atoms with Gasteiger partial charge >= 0.3 is 6.18 Å². The number of hydrogen-bond acceptors (Lipinski definition) is 3. The summed E-state index contributed by atoms with van der Waals surface area (Å²) in [6.07, 6.45) is -0.397. The van der Waals surface area contributed by atoms with Crippen molar-refractivity contribution in [2.24, 2.45) is 5.10 Å². The first-order valence-electron chi connectivity index (χ1n) is 7.49. The van der Waals surface area contributed by atoms with E-state index in [-0.39, 0.29) is 5.38 Å². The van der Waals surface area contributed by atoms with E-state index in [1.54, 1.807) is 13.0 Å². The van der Waals surface area contributed by atoms with Gasteiger partial charge in [-0.25, -0.2) is 5.01 Å². The van der Waals surface area contributed by atoms with Crippen LogP contribution in [0, 0.1) is 0 Å². The highest BCUT2D eigenvalue weighted by atomic mass is 35.5. The maximum absolute atomic E-state index is 12.9. The van der Waals surface area contributed by atoms with Gasteiger partial charge < -0.3 is 4.90 Å². The van der Waals surface area contributed by atoms with Crippen molar-refractivity contribution < 1.29 is 13.2 Å². The summed E-state index contributed by atoms with van der Waals surface area (Å²) in [5, 5.41) is 5.71. The van der Waals surface area contributed by atoms with Crippen molar-refractivity contribution in [3.8, 4) is 0 Å². The molecule has 7 heteroatoms. The van der Waals surface area contributed by atoms with Gasteiger partial charge in [0.2, 0.25) is 0 Å². The zero-order chi connectivity index (χ0) is 16.6. The molecule has 3 rings (SSSR count). The van der Waals surface area contributed by atoms with Gasteiger partial charge in [0.1, 0.15) is 11.2 Å². The van der Waals surface area contributed by atoms with Crippen LogP contribution >= 0.6 is 11.6 Å². The monoisotopic (exact) mass is 343 g/mol. The molecular formula is C16H17ClF3N3. The smallest absolute Gasteiger partial charge is 0.357 e. The molecule has 0 aliphatic carbocycles. The number of nitrogens with zero attached hydrogens (tertiary/aromatic N) is 3. The molecule has 3 nitrogen and oxygen atoms in total. The first-order chi connectivity index (χ1) is 10.9. The number of amidine groups is 1. The number of likely N-dealkylation sites (tertiary alicyclic amines) is 1. The predicted octanol–water partition coefficient (Wildman–Crippen LogP) is 4.45. The van der Waals surface area contributed by atoms with Gasteiger partial charge in [-0.05, 0) is 44.0 Å². The van der Waals surface area contributed by atoms with E-state index in [1.807, 2.05) is 6.08 Å². The van der Waals surface area contributed by atoms with Crippen molar-refractivity contribution in [2.75, 3.05) is 18.1 Å². The summed E-state index contributed by atoms with van der Waals surface area (Å²) < 4.78 is 38.8. The summed E-state index contributed by atoms with van der Waals surface area (Å²) in [5.41, 5.74) is 0.412. The molecule has 0 radical (unpaired) electrons. The number of rotatable bonds is 1. The Balaban J connectivity index is 1.95. The van der Waals surface area contributed by atoms with Crippen LogP contribution in [-0.4, -0.2) is 29.2 Å². The average Bonchev–Trinajstić information content (AvgIpc) is 3.00. The summed E-state index contributed by atoms with van der Waals surface area (Å²) >= 11 is 6.36. The first-order valence-corrected chi connectivity index (χ1v) is 7.93. The van der Waals surface area contributed by atoms with E-state index >= 15 is 0 Å². The number of anilines is 1. The number of halogens is 4. The third kappa shape index (κ3) is 3.32. The van der Waals surface area contributed by atoms with E-state index in [0.29, 0.717) is 17.2 Å². The summed E-state index contributed by atoms with van der Waals surface area (Å²) in [6, 6.07) is 5.18. The molecule has 2 aliphatic rings. The van der Waals surface area contributed by atoms with Crippen molar-refractivity contribution in [2.45, 2.75) is 31.3 Å². The predicted molar refractivity (Wildman–Crippen MR) is 85.6 cm³/mol. The van der Waals surface area contributed by atoms with E-state index in [9.17, 15) is 13.2 Å². The molecule has 0 saturated carbocycles. The lowest BCUT2D eigenvalue weighted by molar-refractivity contribution is -0.137. The molecule has 0 amide bonds. The van der Waals surface area contributed by atoms with Gasteiger partial charge in [0, 0.05) is 18.8 Å². The van der Waals surface area contributed by atoms with Crippen LogP contribution in [0.15, 0.2) is 41.1 Å². The molecule has 124 valence electrons. The van der Waals surface area contributed by atoms with E-state index in [1.165, 1.54) is 11.1 Å². The van der Waals surface area contributed by atoms with Crippen LogP contribution in [0.2, 0.25) is 0 Å². The summed E-state index contributed by atoms with van der Waals surface area (Å²) in [5.74, 6) is 0.701. The van der Waals surface area contributed by atoms with Crippen molar-refractivity contribution in [1.82, 2.24) is 4.90 Å². The van der Waals surface area contributed by atoms with Gasteiger partial charge in [-0.1, -0.05) is 6.07 Å². The second kappa shape index (κ2) is 6.07. The molecule has 1 atom stereocenters. The van der Waals surface area contributed by atoms with E-state index < -0.39 is 11.7 Å². The summed E-state index contributed by atoms with van der Waals surface area (Å²) in [7, 11) is 0. The van der Waals surface area contributed by atoms with E-state index in [0.717, 1.165) is 38.1 Å². The number of hydrogen-bond donors (Lipinski definition) is 0. The topological polar surface area (TPSA) is 18.8 Å². The Morgan fingerprint density at radius 2 is 1.91 bits per heavy atom. The Labute approximate surface area is 138 Å². The maximum atomic E-state index is 12.9. The molecule has 1 saturated heterocycles. The van der Waals surface area contributed by atoms with Crippen molar-refractivity contribution in [3.05, 3.63) is 41.6 Å². The van der Waals surface area contributed by atoms with E-state index in [4.69, 9.17) is 11.6 Å². The Bertz CT molecular complexity index is 648. The van der Waals surface area contributed by atoms with Crippen LogP contribution < -0.4 is 5.01 Å².